The van der Waals surface area contributed by atoms with Gasteiger partial charge in [0.05, 0.1) is 6.42 Å². The van der Waals surface area contributed by atoms with Gasteiger partial charge >= 0.3 is 0 Å². The summed E-state index contributed by atoms with van der Waals surface area (Å²) in [4.78, 5) is 27.8. The van der Waals surface area contributed by atoms with Gasteiger partial charge in [-0.25, -0.2) is 0 Å². The Bertz CT molecular complexity index is 893. The number of nitrogens with one attached hydrogen (secondary N) is 1. The van der Waals surface area contributed by atoms with Gasteiger partial charge in [0, 0.05) is 22.6 Å². The average Bonchev–Trinajstić information content (AvgIpc) is 3.21. The van der Waals surface area contributed by atoms with Crippen LogP contribution in [-0.2, 0) is 22.6 Å². The molecular formula is C24H28Cl2N2O2. The molecule has 1 aliphatic carbocycles. The van der Waals surface area contributed by atoms with Crippen LogP contribution >= 0.6 is 23.2 Å². The van der Waals surface area contributed by atoms with Gasteiger partial charge in [-0.3, -0.25) is 9.59 Å². The standard InChI is InChI=1S/C24H28Cl2N2O2/c1-16-7-9-18(10-8-16)13-23(29)28(15-19-11-12-20(25)14-22(19)26)17(2)24(30)27-21-5-3-4-6-21/h7-12,14,17,21H,3-6,13,15H2,1-2H3,(H,27,30)/t17-/m0/s1. The maximum atomic E-state index is 13.2. The van der Waals surface area contributed by atoms with Crippen molar-refractivity contribution in [3.63, 3.8) is 0 Å². The van der Waals surface area contributed by atoms with Gasteiger partial charge < -0.3 is 10.2 Å². The number of nitrogens with zero attached hydrogens (tertiary/aromatic N) is 1. The first kappa shape index (κ1) is 22.6. The van der Waals surface area contributed by atoms with Crippen molar-refractivity contribution in [2.75, 3.05) is 0 Å². The van der Waals surface area contributed by atoms with E-state index in [0.717, 1.165) is 42.4 Å². The van der Waals surface area contributed by atoms with E-state index in [-0.39, 0.29) is 30.8 Å². The summed E-state index contributed by atoms with van der Waals surface area (Å²) in [5.74, 6) is -0.233. The van der Waals surface area contributed by atoms with E-state index in [0.29, 0.717) is 10.0 Å². The molecule has 0 aliphatic heterocycles. The molecular weight excluding hydrogens is 419 g/mol. The fourth-order valence-corrected chi connectivity index (χ4v) is 4.26. The van der Waals surface area contributed by atoms with Crippen LogP contribution in [0.1, 0.15) is 49.3 Å². The van der Waals surface area contributed by atoms with Gasteiger partial charge in [-0.15, -0.1) is 0 Å². The Morgan fingerprint density at radius 1 is 1.10 bits per heavy atom. The van der Waals surface area contributed by atoms with Crippen molar-refractivity contribution >= 4 is 35.0 Å². The van der Waals surface area contributed by atoms with Crippen LogP contribution < -0.4 is 5.32 Å². The fourth-order valence-electron chi connectivity index (χ4n) is 3.79. The fraction of sp³-hybridized carbons (Fsp3) is 0.417. The van der Waals surface area contributed by atoms with Gasteiger partial charge in [-0.2, -0.15) is 0 Å². The maximum absolute atomic E-state index is 13.2. The van der Waals surface area contributed by atoms with Gasteiger partial charge in [0.2, 0.25) is 11.8 Å². The molecule has 0 aromatic heterocycles. The number of carbonyl (C=O) groups is 2. The molecule has 1 atom stereocenters. The smallest absolute Gasteiger partial charge is 0.242 e. The van der Waals surface area contributed by atoms with Crippen LogP contribution in [0.5, 0.6) is 0 Å². The van der Waals surface area contributed by atoms with Crippen molar-refractivity contribution in [1.29, 1.82) is 0 Å². The minimum Gasteiger partial charge on any atom is -0.352 e. The summed E-state index contributed by atoms with van der Waals surface area (Å²) in [5, 5.41) is 4.13. The van der Waals surface area contributed by atoms with E-state index in [2.05, 4.69) is 5.32 Å². The lowest BCUT2D eigenvalue weighted by Crippen LogP contribution is -2.50. The Morgan fingerprint density at radius 3 is 2.40 bits per heavy atom. The van der Waals surface area contributed by atoms with Crippen molar-refractivity contribution in [1.82, 2.24) is 10.2 Å². The molecule has 0 unspecified atom stereocenters. The molecule has 2 aromatic carbocycles. The van der Waals surface area contributed by atoms with E-state index < -0.39 is 6.04 Å². The van der Waals surface area contributed by atoms with Gasteiger partial charge in [0.15, 0.2) is 0 Å². The van der Waals surface area contributed by atoms with E-state index in [9.17, 15) is 9.59 Å². The highest BCUT2D eigenvalue weighted by molar-refractivity contribution is 6.35. The van der Waals surface area contributed by atoms with Crippen molar-refractivity contribution in [3.8, 4) is 0 Å². The Balaban J connectivity index is 1.79. The molecule has 4 nitrogen and oxygen atoms in total. The van der Waals surface area contributed by atoms with Crippen LogP contribution in [0.15, 0.2) is 42.5 Å². The Morgan fingerprint density at radius 2 is 1.77 bits per heavy atom. The number of hydrogen-bond donors (Lipinski definition) is 1. The molecule has 1 fully saturated rings. The molecule has 160 valence electrons. The maximum Gasteiger partial charge on any atom is 0.242 e. The Kier molecular flexibility index (Phi) is 7.79. The van der Waals surface area contributed by atoms with Gasteiger partial charge in [0.1, 0.15) is 6.04 Å². The van der Waals surface area contributed by atoms with Crippen molar-refractivity contribution in [3.05, 3.63) is 69.2 Å². The largest absolute Gasteiger partial charge is 0.352 e. The minimum absolute atomic E-state index is 0.112. The molecule has 0 saturated heterocycles. The van der Waals surface area contributed by atoms with Crippen LogP contribution in [-0.4, -0.2) is 28.8 Å². The summed E-state index contributed by atoms with van der Waals surface area (Å²) in [7, 11) is 0. The third kappa shape index (κ3) is 5.99. The van der Waals surface area contributed by atoms with Gasteiger partial charge in [-0.1, -0.05) is 71.9 Å². The average molecular weight is 447 g/mol. The summed E-state index contributed by atoms with van der Waals surface area (Å²) < 4.78 is 0. The zero-order valence-electron chi connectivity index (χ0n) is 17.5. The van der Waals surface area contributed by atoms with Crippen LogP contribution in [0.25, 0.3) is 0 Å². The third-order valence-corrected chi connectivity index (χ3v) is 6.29. The SMILES string of the molecule is Cc1ccc(CC(=O)N(Cc2ccc(Cl)cc2Cl)[C@@H](C)C(=O)NC2CCCC2)cc1. The molecule has 2 aromatic rings. The van der Waals surface area contributed by atoms with Crippen LogP contribution in [0, 0.1) is 6.92 Å². The van der Waals surface area contributed by atoms with Crippen molar-refractivity contribution in [2.24, 2.45) is 0 Å². The van der Waals surface area contributed by atoms with Crippen LogP contribution in [0.2, 0.25) is 10.0 Å². The van der Waals surface area contributed by atoms with E-state index in [4.69, 9.17) is 23.2 Å². The molecule has 0 spiro atoms. The third-order valence-electron chi connectivity index (χ3n) is 5.70. The van der Waals surface area contributed by atoms with Gasteiger partial charge in [0.25, 0.3) is 0 Å². The molecule has 0 radical (unpaired) electrons. The number of benzene rings is 2. The highest BCUT2D eigenvalue weighted by Crippen LogP contribution is 2.24. The lowest BCUT2D eigenvalue weighted by atomic mass is 10.1. The molecule has 1 N–H and O–H groups in total. The molecule has 1 aliphatic rings. The summed E-state index contributed by atoms with van der Waals surface area (Å²) in [6, 6.07) is 12.7. The summed E-state index contributed by atoms with van der Waals surface area (Å²) >= 11 is 12.4. The lowest BCUT2D eigenvalue weighted by molar-refractivity contribution is -0.140. The number of rotatable bonds is 7. The van der Waals surface area contributed by atoms with Gasteiger partial charge in [-0.05, 0) is 49.9 Å². The van der Waals surface area contributed by atoms with E-state index in [1.807, 2.05) is 31.2 Å². The highest BCUT2D eigenvalue weighted by atomic mass is 35.5. The first-order valence-electron chi connectivity index (χ1n) is 10.4. The quantitative estimate of drug-likeness (QED) is 0.625. The Hall–Kier alpha value is -2.04. The molecule has 3 rings (SSSR count). The first-order chi connectivity index (χ1) is 14.3. The zero-order chi connectivity index (χ0) is 21.7. The molecule has 1 saturated carbocycles. The highest BCUT2D eigenvalue weighted by Gasteiger charge is 2.29. The summed E-state index contributed by atoms with van der Waals surface area (Å²) in [6.45, 7) is 4.04. The van der Waals surface area contributed by atoms with E-state index >= 15 is 0 Å². The first-order valence-corrected chi connectivity index (χ1v) is 11.2. The second-order valence-electron chi connectivity index (χ2n) is 8.09. The minimum atomic E-state index is -0.602. The molecule has 30 heavy (non-hydrogen) atoms. The normalized spacial score (nSPS) is 15.1. The number of carbonyl (C=O) groups excluding carboxylic acids is 2. The number of amides is 2. The monoisotopic (exact) mass is 446 g/mol. The number of aryl methyl sites for hydroxylation is 1. The van der Waals surface area contributed by atoms with Crippen molar-refractivity contribution < 1.29 is 9.59 Å². The lowest BCUT2D eigenvalue weighted by Gasteiger charge is -2.30. The Labute approximate surface area is 188 Å². The summed E-state index contributed by atoms with van der Waals surface area (Å²) in [5.41, 5.74) is 2.82. The predicted molar refractivity (Wildman–Crippen MR) is 122 cm³/mol. The molecule has 0 bridgehead atoms. The molecule has 2 amide bonds. The number of hydrogen-bond acceptors (Lipinski definition) is 2. The molecule has 0 heterocycles. The molecule has 6 heteroatoms. The van der Waals surface area contributed by atoms with E-state index in [1.54, 1.807) is 30.0 Å². The summed E-state index contributed by atoms with van der Waals surface area (Å²) in [6.07, 6.45) is 4.50. The van der Waals surface area contributed by atoms with Crippen LogP contribution in [0.4, 0.5) is 0 Å². The van der Waals surface area contributed by atoms with Crippen LogP contribution in [0.3, 0.4) is 0 Å². The second-order valence-corrected chi connectivity index (χ2v) is 8.93. The topological polar surface area (TPSA) is 49.4 Å². The number of halogens is 2. The second kappa shape index (κ2) is 10.3. The zero-order valence-corrected chi connectivity index (χ0v) is 19.0. The van der Waals surface area contributed by atoms with E-state index in [1.165, 1.54) is 0 Å². The predicted octanol–water partition coefficient (Wildman–Crippen LogP) is 5.32. The van der Waals surface area contributed by atoms with Crippen molar-refractivity contribution in [2.45, 2.75) is 64.6 Å².